The summed E-state index contributed by atoms with van der Waals surface area (Å²) in [6.45, 7) is 6.84. The van der Waals surface area contributed by atoms with Crippen molar-refractivity contribution < 1.29 is 13.9 Å². The van der Waals surface area contributed by atoms with E-state index in [1.54, 1.807) is 36.3 Å². The molecule has 1 aliphatic heterocycles. The second-order valence-electron chi connectivity index (χ2n) is 9.94. The molecule has 6 rings (SSSR count). The van der Waals surface area contributed by atoms with Crippen molar-refractivity contribution in [2.45, 2.75) is 32.7 Å². The molecule has 0 saturated carbocycles. The van der Waals surface area contributed by atoms with Crippen LogP contribution < -0.4 is 20.1 Å². The number of fused-ring (bicyclic) bond motifs is 1. The van der Waals surface area contributed by atoms with E-state index in [-0.39, 0.29) is 0 Å². The van der Waals surface area contributed by atoms with Gasteiger partial charge in [0.25, 0.3) is 0 Å². The van der Waals surface area contributed by atoms with Gasteiger partial charge in [0.05, 0.1) is 31.7 Å². The minimum Gasteiger partial charge on any atom is -0.493 e. The highest BCUT2D eigenvalue weighted by atomic mass is 32.1. The van der Waals surface area contributed by atoms with Crippen LogP contribution in [-0.2, 0) is 6.54 Å². The van der Waals surface area contributed by atoms with E-state index >= 15 is 0 Å². The second-order valence-corrected chi connectivity index (χ2v) is 11.1. The van der Waals surface area contributed by atoms with E-state index < -0.39 is 0 Å². The molecule has 0 spiro atoms. The monoisotopic (exact) mass is 574 g/mol. The molecule has 12 heteroatoms. The van der Waals surface area contributed by atoms with E-state index in [1.807, 2.05) is 36.5 Å². The number of ether oxygens (including phenoxy) is 2. The summed E-state index contributed by atoms with van der Waals surface area (Å²) in [5, 5.41) is 12.6. The first kappa shape index (κ1) is 27.0. The highest BCUT2D eigenvalue weighted by Crippen LogP contribution is 2.34. The fourth-order valence-corrected chi connectivity index (χ4v) is 5.92. The standard InChI is InChI=1S/C29H34N8O3S/c1-19-25(33-29(41-19)30-11-14-36-12-5-4-6-13-36)21-18-32-28(31-17-20-9-10-22(38-2)24(16-20)39-3)37-27(21)34-26(35-37)23-8-7-15-40-23/h7-10,15-16,18H,4-6,11-14,17H2,1-3H3,(H,30,33)(H,31,32). The van der Waals surface area contributed by atoms with Gasteiger partial charge in [-0.2, -0.15) is 4.52 Å². The number of nitrogens with one attached hydrogen (secondary N) is 2. The summed E-state index contributed by atoms with van der Waals surface area (Å²) >= 11 is 1.64. The van der Waals surface area contributed by atoms with Gasteiger partial charge in [0.1, 0.15) is 0 Å². The third kappa shape index (κ3) is 5.84. The summed E-state index contributed by atoms with van der Waals surface area (Å²) in [7, 11) is 3.25. The number of furan rings is 1. The van der Waals surface area contributed by atoms with E-state index in [1.165, 1.54) is 32.4 Å². The van der Waals surface area contributed by atoms with Crippen LogP contribution in [0.25, 0.3) is 28.5 Å². The van der Waals surface area contributed by atoms with Gasteiger partial charge in [-0.3, -0.25) is 0 Å². The Morgan fingerprint density at radius 3 is 2.66 bits per heavy atom. The summed E-state index contributed by atoms with van der Waals surface area (Å²) in [5.74, 6) is 2.96. The van der Waals surface area contributed by atoms with Gasteiger partial charge in [0, 0.05) is 30.7 Å². The maximum Gasteiger partial charge on any atom is 0.226 e. The van der Waals surface area contributed by atoms with Crippen LogP contribution in [0.4, 0.5) is 11.1 Å². The van der Waals surface area contributed by atoms with Crippen LogP contribution in [0, 0.1) is 6.92 Å². The number of hydrogen-bond acceptors (Lipinski definition) is 11. The Kier molecular flexibility index (Phi) is 8.01. The van der Waals surface area contributed by atoms with Gasteiger partial charge in [-0.1, -0.05) is 12.5 Å². The van der Waals surface area contributed by atoms with Gasteiger partial charge in [-0.25, -0.2) is 15.0 Å². The first-order valence-corrected chi connectivity index (χ1v) is 14.6. The lowest BCUT2D eigenvalue weighted by atomic mass is 10.1. The van der Waals surface area contributed by atoms with E-state index in [0.717, 1.165) is 39.9 Å². The number of anilines is 2. The first-order chi connectivity index (χ1) is 20.1. The lowest BCUT2D eigenvalue weighted by molar-refractivity contribution is 0.237. The van der Waals surface area contributed by atoms with Crippen molar-refractivity contribution in [1.29, 1.82) is 0 Å². The number of methoxy groups -OCH3 is 2. The highest BCUT2D eigenvalue weighted by molar-refractivity contribution is 7.16. The summed E-state index contributed by atoms with van der Waals surface area (Å²) in [6, 6.07) is 9.47. The molecule has 11 nitrogen and oxygen atoms in total. The zero-order valence-corrected chi connectivity index (χ0v) is 24.3. The molecule has 5 aromatic rings. The van der Waals surface area contributed by atoms with E-state index in [2.05, 4.69) is 22.5 Å². The topological polar surface area (TPSA) is 115 Å². The van der Waals surface area contributed by atoms with Gasteiger partial charge in [0.2, 0.25) is 11.8 Å². The van der Waals surface area contributed by atoms with Crippen molar-refractivity contribution in [2.75, 3.05) is 51.0 Å². The molecule has 4 aromatic heterocycles. The number of likely N-dealkylation sites (tertiary alicyclic amines) is 1. The van der Waals surface area contributed by atoms with E-state index in [4.69, 9.17) is 33.9 Å². The molecular weight excluding hydrogens is 540 g/mol. The number of thiazole rings is 1. The first-order valence-electron chi connectivity index (χ1n) is 13.8. The number of nitrogens with zero attached hydrogens (tertiary/aromatic N) is 6. The van der Waals surface area contributed by atoms with Crippen molar-refractivity contribution in [3.8, 4) is 34.3 Å². The number of benzene rings is 1. The minimum atomic E-state index is 0.478. The van der Waals surface area contributed by atoms with Crippen LogP contribution in [-0.4, -0.2) is 69.9 Å². The second kappa shape index (κ2) is 12.1. The Labute approximate surface area is 242 Å². The Balaban J connectivity index is 1.27. The fourth-order valence-electron chi connectivity index (χ4n) is 5.07. The zero-order valence-electron chi connectivity index (χ0n) is 23.5. The van der Waals surface area contributed by atoms with Gasteiger partial charge in [0.15, 0.2) is 28.0 Å². The summed E-state index contributed by atoms with van der Waals surface area (Å²) in [6.07, 6.45) is 7.35. The van der Waals surface area contributed by atoms with Gasteiger partial charge < -0.3 is 29.4 Å². The van der Waals surface area contributed by atoms with Crippen molar-refractivity contribution in [3.63, 3.8) is 0 Å². The quantitative estimate of drug-likeness (QED) is 0.214. The summed E-state index contributed by atoms with van der Waals surface area (Å²) in [4.78, 5) is 18.1. The third-order valence-electron chi connectivity index (χ3n) is 7.21. The minimum absolute atomic E-state index is 0.478. The molecule has 1 aliphatic rings. The van der Waals surface area contributed by atoms with Gasteiger partial charge in [-0.05, 0) is 62.7 Å². The average Bonchev–Trinajstić information content (AvgIpc) is 3.77. The molecule has 41 heavy (non-hydrogen) atoms. The molecule has 1 fully saturated rings. The highest BCUT2D eigenvalue weighted by Gasteiger charge is 2.21. The van der Waals surface area contributed by atoms with Crippen LogP contribution in [0.2, 0.25) is 0 Å². The lowest BCUT2D eigenvalue weighted by Crippen LogP contribution is -2.33. The predicted molar refractivity (Wildman–Crippen MR) is 160 cm³/mol. The number of hydrogen-bond donors (Lipinski definition) is 2. The Bertz CT molecular complexity index is 1610. The Hall–Kier alpha value is -4.16. The Morgan fingerprint density at radius 2 is 1.88 bits per heavy atom. The maximum atomic E-state index is 5.60. The number of rotatable bonds is 11. The smallest absolute Gasteiger partial charge is 0.226 e. The number of piperidine rings is 1. The van der Waals surface area contributed by atoms with Crippen molar-refractivity contribution in [1.82, 2.24) is 29.5 Å². The molecular formula is C29H34N8O3S. The Morgan fingerprint density at radius 1 is 1.02 bits per heavy atom. The van der Waals surface area contributed by atoms with Crippen molar-refractivity contribution >= 4 is 28.1 Å². The number of aromatic nitrogens is 5. The average molecular weight is 575 g/mol. The van der Waals surface area contributed by atoms with Crippen LogP contribution in [0.15, 0.2) is 47.2 Å². The van der Waals surface area contributed by atoms with Gasteiger partial charge in [-0.15, -0.1) is 16.4 Å². The number of aryl methyl sites for hydroxylation is 1. The molecule has 0 bridgehead atoms. The molecule has 1 saturated heterocycles. The van der Waals surface area contributed by atoms with Crippen LogP contribution in [0.3, 0.4) is 0 Å². The molecule has 0 atom stereocenters. The van der Waals surface area contributed by atoms with E-state index in [9.17, 15) is 0 Å². The molecule has 0 amide bonds. The lowest BCUT2D eigenvalue weighted by Gasteiger charge is -2.26. The van der Waals surface area contributed by atoms with Crippen LogP contribution in [0.1, 0.15) is 29.7 Å². The van der Waals surface area contributed by atoms with Gasteiger partial charge >= 0.3 is 0 Å². The molecule has 0 radical (unpaired) electrons. The molecule has 2 N–H and O–H groups in total. The summed E-state index contributed by atoms with van der Waals surface area (Å²) < 4.78 is 18.1. The van der Waals surface area contributed by atoms with E-state index in [0.29, 0.717) is 41.2 Å². The molecule has 5 heterocycles. The molecule has 1 aromatic carbocycles. The maximum absolute atomic E-state index is 5.60. The molecule has 0 aliphatic carbocycles. The third-order valence-corrected chi connectivity index (χ3v) is 8.14. The van der Waals surface area contributed by atoms with Crippen molar-refractivity contribution in [3.05, 3.63) is 53.2 Å². The largest absolute Gasteiger partial charge is 0.493 e. The molecule has 0 unspecified atom stereocenters. The SMILES string of the molecule is COc1ccc(CNc2ncc(-c3nc(NCCN4CCCCC4)sc3C)c3nc(-c4ccco4)nn23)cc1OC. The van der Waals surface area contributed by atoms with Crippen molar-refractivity contribution in [2.24, 2.45) is 0 Å². The van der Waals surface area contributed by atoms with Crippen LogP contribution in [0.5, 0.6) is 11.5 Å². The normalized spacial score (nSPS) is 13.9. The fraction of sp³-hybridized carbons (Fsp3) is 0.379. The predicted octanol–water partition coefficient (Wildman–Crippen LogP) is 5.34. The van der Waals surface area contributed by atoms with Crippen LogP contribution >= 0.6 is 11.3 Å². The summed E-state index contributed by atoms with van der Waals surface area (Å²) in [5.41, 5.74) is 3.31. The molecule has 214 valence electrons. The zero-order chi connectivity index (χ0) is 28.2.